The largest absolute Gasteiger partial charge is 0.493 e. The summed E-state index contributed by atoms with van der Waals surface area (Å²) in [6, 6.07) is 3.53. The average molecular weight is 490 g/mol. The minimum absolute atomic E-state index is 0. The molecule has 1 saturated carbocycles. The minimum atomic E-state index is -0.0639. The lowest BCUT2D eigenvalue weighted by atomic mass is 9.75. The van der Waals surface area contributed by atoms with Crippen LogP contribution in [-0.2, 0) is 9.59 Å². The Morgan fingerprint density at radius 1 is 0.971 bits per heavy atom. The van der Waals surface area contributed by atoms with Gasteiger partial charge < -0.3 is 20.1 Å². The van der Waals surface area contributed by atoms with E-state index < -0.39 is 0 Å². The standard InChI is InChI=1S/C24H31N5O4.ClH/c1-32-18-11-16-17(12-19(18)33-2)26-23(27-22(16)25)28-9-5-15(6-10-28)29-20(30)13-24(14-21(29)31)7-3-4-8-24;/h11-12,15H,3-10,13-14H2,1-2H3,(H2,25,26,27);1H. The Hall–Kier alpha value is -2.81. The number of amides is 2. The second-order valence-electron chi connectivity index (χ2n) is 9.57. The Morgan fingerprint density at radius 3 is 2.15 bits per heavy atom. The molecule has 2 N–H and O–H groups in total. The SMILES string of the molecule is COc1cc2nc(N3CCC(N4C(=O)CC5(CCCC5)CC4=O)CC3)nc(N)c2cc1OC.Cl. The molecule has 3 heterocycles. The molecule has 2 aliphatic heterocycles. The average Bonchev–Trinajstić information content (AvgIpc) is 3.25. The van der Waals surface area contributed by atoms with Gasteiger partial charge in [-0.2, -0.15) is 4.98 Å². The van der Waals surface area contributed by atoms with Gasteiger partial charge in [-0.25, -0.2) is 4.98 Å². The van der Waals surface area contributed by atoms with Crippen molar-refractivity contribution in [3.8, 4) is 11.5 Å². The van der Waals surface area contributed by atoms with Gasteiger partial charge in [-0.1, -0.05) is 12.8 Å². The van der Waals surface area contributed by atoms with E-state index >= 15 is 0 Å². The summed E-state index contributed by atoms with van der Waals surface area (Å²) in [5, 5.41) is 0.705. The topological polar surface area (TPSA) is 111 Å². The van der Waals surface area contributed by atoms with Gasteiger partial charge in [0, 0.05) is 43.4 Å². The van der Waals surface area contributed by atoms with Crippen molar-refractivity contribution in [1.29, 1.82) is 0 Å². The first-order valence-electron chi connectivity index (χ1n) is 11.7. The molecule has 5 rings (SSSR count). The van der Waals surface area contributed by atoms with Crippen LogP contribution in [0.25, 0.3) is 10.9 Å². The zero-order chi connectivity index (χ0) is 23.2. The van der Waals surface area contributed by atoms with Gasteiger partial charge in [-0.3, -0.25) is 14.5 Å². The van der Waals surface area contributed by atoms with E-state index in [1.54, 1.807) is 31.3 Å². The number of nitrogen functional groups attached to an aromatic ring is 1. The molecule has 10 heteroatoms. The van der Waals surface area contributed by atoms with Crippen LogP contribution in [0.2, 0.25) is 0 Å². The fourth-order valence-corrected chi connectivity index (χ4v) is 5.83. The zero-order valence-corrected chi connectivity index (χ0v) is 20.5. The molecule has 0 unspecified atom stereocenters. The summed E-state index contributed by atoms with van der Waals surface area (Å²) in [6.45, 7) is 1.32. The van der Waals surface area contributed by atoms with Crippen LogP contribution in [-0.4, -0.2) is 60.0 Å². The number of piperidine rings is 2. The predicted octanol–water partition coefficient (Wildman–Crippen LogP) is 3.33. The smallest absolute Gasteiger partial charge is 0.230 e. The molecule has 34 heavy (non-hydrogen) atoms. The molecular formula is C24H32ClN5O4. The number of aromatic nitrogens is 2. The molecule has 2 saturated heterocycles. The van der Waals surface area contributed by atoms with Crippen LogP contribution < -0.4 is 20.1 Å². The molecule has 1 spiro atoms. The maximum Gasteiger partial charge on any atom is 0.230 e. The Bertz CT molecular complexity index is 1080. The van der Waals surface area contributed by atoms with E-state index in [4.69, 9.17) is 20.2 Å². The summed E-state index contributed by atoms with van der Waals surface area (Å²) < 4.78 is 10.8. The van der Waals surface area contributed by atoms with Crippen molar-refractivity contribution in [2.45, 2.75) is 57.4 Å². The first-order chi connectivity index (χ1) is 15.9. The number of likely N-dealkylation sites (tertiary alicyclic amines) is 1. The summed E-state index contributed by atoms with van der Waals surface area (Å²) in [5.74, 6) is 2.10. The molecule has 3 fully saturated rings. The van der Waals surface area contributed by atoms with Crippen molar-refractivity contribution in [2.24, 2.45) is 5.41 Å². The third-order valence-electron chi connectivity index (χ3n) is 7.59. The van der Waals surface area contributed by atoms with Crippen molar-refractivity contribution in [3.05, 3.63) is 12.1 Å². The highest BCUT2D eigenvalue weighted by Gasteiger charge is 2.47. The number of nitrogens with zero attached hydrogens (tertiary/aromatic N) is 4. The van der Waals surface area contributed by atoms with Crippen LogP contribution in [0.5, 0.6) is 11.5 Å². The summed E-state index contributed by atoms with van der Waals surface area (Å²) in [7, 11) is 3.16. The molecule has 1 aromatic carbocycles. The normalized spacial score (nSPS) is 20.6. The van der Waals surface area contributed by atoms with Gasteiger partial charge in [0.1, 0.15) is 5.82 Å². The van der Waals surface area contributed by atoms with Gasteiger partial charge in [-0.05, 0) is 37.2 Å². The molecule has 0 radical (unpaired) electrons. The van der Waals surface area contributed by atoms with Gasteiger partial charge in [0.05, 0.1) is 19.7 Å². The number of anilines is 2. The van der Waals surface area contributed by atoms with Crippen molar-refractivity contribution >= 4 is 46.9 Å². The quantitative estimate of drug-likeness (QED) is 0.651. The van der Waals surface area contributed by atoms with Crippen LogP contribution in [0.3, 0.4) is 0 Å². The molecule has 0 bridgehead atoms. The van der Waals surface area contributed by atoms with Gasteiger partial charge >= 0.3 is 0 Å². The number of carbonyl (C=O) groups is 2. The summed E-state index contributed by atoms with van der Waals surface area (Å²) in [4.78, 5) is 38.8. The number of carbonyl (C=O) groups excluding carboxylic acids is 2. The lowest BCUT2D eigenvalue weighted by Gasteiger charge is -2.43. The number of ether oxygens (including phenoxy) is 2. The van der Waals surface area contributed by atoms with Crippen LogP contribution in [0, 0.1) is 5.41 Å². The third-order valence-corrected chi connectivity index (χ3v) is 7.59. The predicted molar refractivity (Wildman–Crippen MR) is 132 cm³/mol. The highest BCUT2D eigenvalue weighted by atomic mass is 35.5. The first-order valence-corrected chi connectivity index (χ1v) is 11.7. The number of nitrogens with two attached hydrogens (primary N) is 1. The maximum atomic E-state index is 12.9. The van der Waals surface area contributed by atoms with E-state index in [1.165, 1.54) is 0 Å². The number of benzene rings is 1. The Labute approximate surface area is 205 Å². The van der Waals surface area contributed by atoms with Crippen LogP contribution >= 0.6 is 12.4 Å². The molecule has 1 aromatic heterocycles. The second kappa shape index (κ2) is 9.44. The number of imide groups is 1. The van der Waals surface area contributed by atoms with Crippen LogP contribution in [0.1, 0.15) is 51.4 Å². The number of rotatable bonds is 4. The van der Waals surface area contributed by atoms with Crippen molar-refractivity contribution in [2.75, 3.05) is 37.9 Å². The minimum Gasteiger partial charge on any atom is -0.493 e. The van der Waals surface area contributed by atoms with Crippen LogP contribution in [0.4, 0.5) is 11.8 Å². The molecule has 0 atom stereocenters. The highest BCUT2D eigenvalue weighted by molar-refractivity contribution is 5.99. The summed E-state index contributed by atoms with van der Waals surface area (Å²) >= 11 is 0. The highest BCUT2D eigenvalue weighted by Crippen LogP contribution is 2.47. The van der Waals surface area contributed by atoms with Gasteiger partial charge in [0.25, 0.3) is 0 Å². The molecule has 1 aliphatic carbocycles. The van der Waals surface area contributed by atoms with E-state index in [0.717, 1.165) is 25.7 Å². The number of methoxy groups -OCH3 is 2. The second-order valence-corrected chi connectivity index (χ2v) is 9.57. The monoisotopic (exact) mass is 489 g/mol. The maximum absolute atomic E-state index is 12.9. The Kier molecular flexibility index (Phi) is 6.75. The molecule has 184 valence electrons. The number of hydrogen-bond donors (Lipinski definition) is 1. The van der Waals surface area contributed by atoms with E-state index in [-0.39, 0.29) is 35.7 Å². The third kappa shape index (κ3) is 4.21. The fraction of sp³-hybridized carbons (Fsp3) is 0.583. The summed E-state index contributed by atoms with van der Waals surface area (Å²) in [5.41, 5.74) is 6.86. The first kappa shape index (κ1) is 24.3. The number of hydrogen-bond acceptors (Lipinski definition) is 8. The fourth-order valence-electron chi connectivity index (χ4n) is 5.83. The Morgan fingerprint density at radius 2 is 1.56 bits per heavy atom. The molecule has 2 aromatic rings. The lowest BCUT2D eigenvalue weighted by molar-refractivity contribution is -0.156. The van der Waals surface area contributed by atoms with E-state index in [1.807, 2.05) is 0 Å². The molecule has 9 nitrogen and oxygen atoms in total. The van der Waals surface area contributed by atoms with Gasteiger partial charge in [0.2, 0.25) is 17.8 Å². The number of halogens is 1. The number of fused-ring (bicyclic) bond motifs is 1. The summed E-state index contributed by atoms with van der Waals surface area (Å²) in [6.07, 6.45) is 6.74. The molecule has 3 aliphatic rings. The van der Waals surface area contributed by atoms with Gasteiger partial charge in [0.15, 0.2) is 11.5 Å². The van der Waals surface area contributed by atoms with Crippen molar-refractivity contribution < 1.29 is 19.1 Å². The van der Waals surface area contributed by atoms with E-state index in [9.17, 15) is 9.59 Å². The van der Waals surface area contributed by atoms with Crippen molar-refractivity contribution in [3.63, 3.8) is 0 Å². The van der Waals surface area contributed by atoms with E-state index in [0.29, 0.717) is 72.9 Å². The van der Waals surface area contributed by atoms with Crippen LogP contribution in [0.15, 0.2) is 12.1 Å². The lowest BCUT2D eigenvalue weighted by Crippen LogP contribution is -2.55. The zero-order valence-electron chi connectivity index (χ0n) is 19.7. The van der Waals surface area contributed by atoms with Crippen molar-refractivity contribution in [1.82, 2.24) is 14.9 Å². The van der Waals surface area contributed by atoms with E-state index in [2.05, 4.69) is 9.88 Å². The molecule has 2 amide bonds. The molecular weight excluding hydrogens is 458 g/mol. The Balaban J connectivity index is 0.00000274. The van der Waals surface area contributed by atoms with Gasteiger partial charge in [-0.15, -0.1) is 12.4 Å².